The Bertz CT molecular complexity index is 1740. The molecule has 1 fully saturated rings. The van der Waals surface area contributed by atoms with Crippen molar-refractivity contribution in [2.75, 3.05) is 11.9 Å². The van der Waals surface area contributed by atoms with Gasteiger partial charge in [0.05, 0.1) is 17.2 Å². The van der Waals surface area contributed by atoms with Crippen molar-refractivity contribution >= 4 is 35.9 Å². The van der Waals surface area contributed by atoms with Crippen molar-refractivity contribution in [2.24, 2.45) is 0 Å². The number of rotatable bonds is 4. The third kappa shape index (κ3) is 5.47. The minimum atomic E-state index is -4.89. The molecule has 2 aliphatic heterocycles. The zero-order valence-corrected chi connectivity index (χ0v) is 24.0. The lowest BCUT2D eigenvalue weighted by Gasteiger charge is -2.43. The lowest BCUT2D eigenvalue weighted by Crippen LogP contribution is -2.60. The van der Waals surface area contributed by atoms with Gasteiger partial charge in [-0.25, -0.2) is 22.5 Å². The summed E-state index contributed by atoms with van der Waals surface area (Å²) in [5.41, 5.74) is -0.901. The second-order valence-electron chi connectivity index (χ2n) is 11.2. The van der Waals surface area contributed by atoms with E-state index in [9.17, 15) is 45.1 Å². The van der Waals surface area contributed by atoms with Crippen LogP contribution in [0.25, 0.3) is 0 Å². The molecule has 0 saturated carbocycles. The number of nitrogens with zero attached hydrogens (tertiary/aromatic N) is 3. The van der Waals surface area contributed by atoms with Crippen molar-refractivity contribution in [3.8, 4) is 0 Å². The van der Waals surface area contributed by atoms with Crippen LogP contribution in [0, 0.1) is 23.3 Å². The Morgan fingerprint density at radius 1 is 1.07 bits per heavy atom. The molecule has 16 heteroatoms. The highest BCUT2D eigenvalue weighted by molar-refractivity contribution is 6.06. The number of carbonyl (C=O) groups excluding carboxylic acids is 3. The van der Waals surface area contributed by atoms with Gasteiger partial charge in [0.1, 0.15) is 30.0 Å². The van der Waals surface area contributed by atoms with Crippen molar-refractivity contribution < 1.29 is 45.1 Å². The van der Waals surface area contributed by atoms with Gasteiger partial charge < -0.3 is 15.5 Å². The number of fused-ring (bicyclic) bond motifs is 3. The molecular formula is C29H23ClF7N5O3. The number of piperidine rings is 1. The Morgan fingerprint density at radius 3 is 2.49 bits per heavy atom. The van der Waals surface area contributed by atoms with Crippen LogP contribution in [-0.4, -0.2) is 57.4 Å². The van der Waals surface area contributed by atoms with Gasteiger partial charge >= 0.3 is 6.18 Å². The number of nitrogens with one attached hydrogen (secondary N) is 2. The molecule has 1 saturated heterocycles. The summed E-state index contributed by atoms with van der Waals surface area (Å²) in [7, 11) is 0. The van der Waals surface area contributed by atoms with E-state index in [0.29, 0.717) is 33.9 Å². The molecule has 0 unspecified atom stereocenters. The van der Waals surface area contributed by atoms with E-state index in [4.69, 9.17) is 0 Å². The number of alkyl halides is 3. The molecule has 3 amide bonds. The van der Waals surface area contributed by atoms with Crippen LogP contribution in [0.5, 0.6) is 0 Å². The van der Waals surface area contributed by atoms with Crippen molar-refractivity contribution in [1.29, 1.82) is 0 Å². The number of halogens is 8. The predicted octanol–water partition coefficient (Wildman–Crippen LogP) is 4.51. The smallest absolute Gasteiger partial charge is 0.340 e. The van der Waals surface area contributed by atoms with Crippen molar-refractivity contribution in [1.82, 2.24) is 20.2 Å². The first-order chi connectivity index (χ1) is 20.7. The SMILES string of the molecule is C[C@@H]1[C@H](c2c(F)ccc(F)c2F)C[C@H](NC(=O)c2cnc3c(c2)C[C@@]2(C3)C(=O)Nc3ncc(F)cc32)C(=O)N1CC(F)(F)F.Cl. The zero-order chi connectivity index (χ0) is 31.7. The summed E-state index contributed by atoms with van der Waals surface area (Å²) in [5, 5.41) is 4.96. The maximum atomic E-state index is 14.7. The molecule has 1 aliphatic carbocycles. The van der Waals surface area contributed by atoms with Gasteiger partial charge in [0.2, 0.25) is 11.8 Å². The highest BCUT2D eigenvalue weighted by Crippen LogP contribution is 2.46. The Balaban J connectivity index is 0.00000400. The van der Waals surface area contributed by atoms with Gasteiger partial charge in [-0.2, -0.15) is 13.2 Å². The van der Waals surface area contributed by atoms with Crippen LogP contribution in [0.3, 0.4) is 0 Å². The fourth-order valence-corrected chi connectivity index (χ4v) is 6.44. The summed E-state index contributed by atoms with van der Waals surface area (Å²) in [6, 6.07) is 0.704. The monoisotopic (exact) mass is 657 g/mol. The lowest BCUT2D eigenvalue weighted by molar-refractivity contribution is -0.170. The summed E-state index contributed by atoms with van der Waals surface area (Å²) in [5.74, 6) is -8.61. The van der Waals surface area contributed by atoms with E-state index >= 15 is 0 Å². The van der Waals surface area contributed by atoms with Gasteiger partial charge in [-0.05, 0) is 49.6 Å². The highest BCUT2D eigenvalue weighted by atomic mass is 35.5. The second kappa shape index (κ2) is 11.3. The quantitative estimate of drug-likeness (QED) is 0.318. The molecular weight excluding hydrogens is 635 g/mol. The van der Waals surface area contributed by atoms with Crippen LogP contribution in [0.15, 0.2) is 36.7 Å². The van der Waals surface area contributed by atoms with Crippen LogP contribution in [0.2, 0.25) is 0 Å². The van der Waals surface area contributed by atoms with Crippen LogP contribution in [-0.2, 0) is 27.8 Å². The Kier molecular flexibility index (Phi) is 8.05. The molecule has 238 valence electrons. The van der Waals surface area contributed by atoms with Crippen molar-refractivity contribution in [2.45, 2.75) is 55.8 Å². The van der Waals surface area contributed by atoms with E-state index in [1.807, 2.05) is 0 Å². The van der Waals surface area contributed by atoms with Crippen LogP contribution >= 0.6 is 12.4 Å². The lowest BCUT2D eigenvalue weighted by atomic mass is 9.79. The first-order valence-corrected chi connectivity index (χ1v) is 13.5. The summed E-state index contributed by atoms with van der Waals surface area (Å²) in [6.07, 6.45) is -3.16. The summed E-state index contributed by atoms with van der Waals surface area (Å²) >= 11 is 0. The Hall–Kier alpha value is -4.27. The number of carbonyl (C=O) groups is 3. The molecule has 8 nitrogen and oxygen atoms in total. The molecule has 0 radical (unpaired) electrons. The standard InChI is InChI=1S/C29H22F7N5O3.ClH/c1-12-16(22-18(31)2-3-19(32)23(22)33)6-20(26(43)41(12)11-29(34,35)36)39-25(42)14-4-13-7-28(8-21(13)37-9-14)17-5-15(30)10-38-24(17)40-27(28)44;/h2-5,9-10,12,16,20H,6-8,11H2,1H3,(H,39,42)(H,38,40,44);1H/t12-,16-,20+,28+;/m1./s1. The predicted molar refractivity (Wildman–Crippen MR) is 146 cm³/mol. The van der Waals surface area contributed by atoms with Crippen molar-refractivity contribution in [3.05, 3.63) is 87.9 Å². The maximum absolute atomic E-state index is 14.7. The number of amides is 3. The fourth-order valence-electron chi connectivity index (χ4n) is 6.44. The Morgan fingerprint density at radius 2 is 1.78 bits per heavy atom. The summed E-state index contributed by atoms with van der Waals surface area (Å²) < 4.78 is 97.8. The number of aromatic nitrogens is 2. The van der Waals surface area contributed by atoms with E-state index in [-0.39, 0.29) is 36.6 Å². The topological polar surface area (TPSA) is 104 Å². The first kappa shape index (κ1) is 32.1. The summed E-state index contributed by atoms with van der Waals surface area (Å²) in [4.78, 5) is 48.0. The van der Waals surface area contributed by atoms with Gasteiger partial charge in [-0.3, -0.25) is 19.4 Å². The molecule has 1 spiro atoms. The maximum Gasteiger partial charge on any atom is 0.406 e. The molecule has 6 rings (SSSR count). The average Bonchev–Trinajstić information content (AvgIpc) is 3.47. The zero-order valence-electron chi connectivity index (χ0n) is 23.1. The van der Waals surface area contributed by atoms with E-state index < -0.39 is 89.1 Å². The van der Waals surface area contributed by atoms with Gasteiger partial charge in [-0.15, -0.1) is 12.4 Å². The van der Waals surface area contributed by atoms with Gasteiger partial charge in [0.15, 0.2) is 11.6 Å². The molecule has 3 aliphatic rings. The molecule has 2 aromatic heterocycles. The van der Waals surface area contributed by atoms with Crippen LogP contribution < -0.4 is 10.6 Å². The van der Waals surface area contributed by atoms with Crippen molar-refractivity contribution in [3.63, 3.8) is 0 Å². The average molecular weight is 658 g/mol. The van der Waals surface area contributed by atoms with Gasteiger partial charge in [-0.1, -0.05) is 0 Å². The number of hydrogen-bond acceptors (Lipinski definition) is 5. The number of likely N-dealkylation sites (tertiary alicyclic amines) is 1. The van der Waals surface area contributed by atoms with E-state index in [1.54, 1.807) is 0 Å². The molecule has 1 aromatic carbocycles. The Labute approximate surface area is 256 Å². The third-order valence-electron chi connectivity index (χ3n) is 8.57. The van der Waals surface area contributed by atoms with E-state index in [2.05, 4.69) is 20.6 Å². The molecule has 0 bridgehead atoms. The molecule has 4 atom stereocenters. The van der Waals surface area contributed by atoms with Crippen LogP contribution in [0.1, 0.15) is 52.0 Å². The van der Waals surface area contributed by atoms with E-state index in [0.717, 1.165) is 19.3 Å². The summed E-state index contributed by atoms with van der Waals surface area (Å²) in [6.45, 7) is -0.606. The molecule has 45 heavy (non-hydrogen) atoms. The largest absolute Gasteiger partial charge is 0.406 e. The normalized spacial score (nSPS) is 23.8. The number of anilines is 1. The minimum absolute atomic E-state index is 0. The highest BCUT2D eigenvalue weighted by Gasteiger charge is 2.52. The van der Waals surface area contributed by atoms with Crippen LogP contribution in [0.4, 0.5) is 36.6 Å². The molecule has 4 heterocycles. The number of hydrogen-bond donors (Lipinski definition) is 2. The number of benzene rings is 1. The second-order valence-corrected chi connectivity index (χ2v) is 11.2. The van der Waals surface area contributed by atoms with E-state index in [1.165, 1.54) is 12.1 Å². The van der Waals surface area contributed by atoms with Gasteiger partial charge in [0.25, 0.3) is 5.91 Å². The molecule has 2 N–H and O–H groups in total. The fraction of sp³-hybridized carbons (Fsp3) is 0.345. The third-order valence-corrected chi connectivity index (χ3v) is 8.57. The minimum Gasteiger partial charge on any atom is -0.340 e. The first-order valence-electron chi connectivity index (χ1n) is 13.5. The van der Waals surface area contributed by atoms with Gasteiger partial charge in [0, 0.05) is 41.4 Å². The number of pyridine rings is 2. The molecule has 3 aromatic rings.